The van der Waals surface area contributed by atoms with E-state index in [1.807, 2.05) is 6.07 Å². The van der Waals surface area contributed by atoms with Crippen molar-refractivity contribution in [2.75, 3.05) is 18.4 Å². The Balaban J connectivity index is 1.76. The molecule has 0 amide bonds. The summed E-state index contributed by atoms with van der Waals surface area (Å²) in [6.07, 6.45) is 4.01. The summed E-state index contributed by atoms with van der Waals surface area (Å²) in [5.74, 6) is 0. The quantitative estimate of drug-likeness (QED) is 0.764. The van der Waals surface area contributed by atoms with Crippen LogP contribution in [-0.2, 0) is 0 Å². The highest BCUT2D eigenvalue weighted by Gasteiger charge is 2.11. The second-order valence-electron chi connectivity index (χ2n) is 3.89. The van der Waals surface area contributed by atoms with Crippen LogP contribution in [0, 0.1) is 0 Å². The molecule has 0 spiro atoms. The fraction of sp³-hybridized carbons (Fsp3) is 0.500. The molecule has 1 heterocycles. The van der Waals surface area contributed by atoms with Crippen molar-refractivity contribution in [3.05, 3.63) is 30.3 Å². The van der Waals surface area contributed by atoms with Crippen molar-refractivity contribution < 1.29 is 0 Å². The smallest absolute Gasteiger partial charge is 0.0340 e. The van der Waals surface area contributed by atoms with Gasteiger partial charge in [-0.3, -0.25) is 0 Å². The molecule has 14 heavy (non-hydrogen) atoms. The molecule has 1 aromatic carbocycles. The van der Waals surface area contributed by atoms with Crippen molar-refractivity contribution in [2.45, 2.75) is 25.3 Å². The molecule has 2 heteroatoms. The van der Waals surface area contributed by atoms with E-state index in [1.54, 1.807) is 0 Å². The molecule has 0 aromatic heterocycles. The van der Waals surface area contributed by atoms with Crippen LogP contribution in [0.1, 0.15) is 19.3 Å². The van der Waals surface area contributed by atoms with E-state index in [4.69, 9.17) is 0 Å². The highest BCUT2D eigenvalue weighted by molar-refractivity contribution is 5.42. The van der Waals surface area contributed by atoms with Gasteiger partial charge in [-0.1, -0.05) is 24.6 Å². The Bertz CT molecular complexity index is 252. The Kier molecular flexibility index (Phi) is 3.41. The van der Waals surface area contributed by atoms with E-state index in [2.05, 4.69) is 34.9 Å². The van der Waals surface area contributed by atoms with Gasteiger partial charge in [0.25, 0.3) is 0 Å². The van der Waals surface area contributed by atoms with Gasteiger partial charge in [-0.2, -0.15) is 0 Å². The molecule has 0 aliphatic carbocycles. The summed E-state index contributed by atoms with van der Waals surface area (Å²) < 4.78 is 0. The second kappa shape index (κ2) is 5.01. The first kappa shape index (κ1) is 9.53. The van der Waals surface area contributed by atoms with Crippen LogP contribution in [0.25, 0.3) is 0 Å². The molecule has 2 nitrogen and oxygen atoms in total. The summed E-state index contributed by atoms with van der Waals surface area (Å²) in [5, 5.41) is 6.98. The predicted octanol–water partition coefficient (Wildman–Crippen LogP) is 2.24. The summed E-state index contributed by atoms with van der Waals surface area (Å²) in [5.41, 5.74) is 1.22. The molecule has 1 aromatic rings. The number of benzene rings is 1. The zero-order valence-electron chi connectivity index (χ0n) is 8.50. The van der Waals surface area contributed by atoms with E-state index in [1.165, 1.54) is 31.5 Å². The third-order valence-corrected chi connectivity index (χ3v) is 2.74. The molecule has 2 rings (SSSR count). The van der Waals surface area contributed by atoms with Gasteiger partial charge in [0, 0.05) is 18.3 Å². The van der Waals surface area contributed by atoms with Gasteiger partial charge in [0.1, 0.15) is 0 Å². The molecule has 1 aliphatic heterocycles. The number of anilines is 1. The topological polar surface area (TPSA) is 24.1 Å². The summed E-state index contributed by atoms with van der Waals surface area (Å²) in [4.78, 5) is 0. The number of hydrogen-bond donors (Lipinski definition) is 2. The van der Waals surface area contributed by atoms with Crippen molar-refractivity contribution in [1.29, 1.82) is 0 Å². The Morgan fingerprint density at radius 1 is 1.21 bits per heavy atom. The van der Waals surface area contributed by atoms with Gasteiger partial charge in [-0.05, 0) is 31.5 Å². The first-order valence-electron chi connectivity index (χ1n) is 5.47. The lowest BCUT2D eigenvalue weighted by atomic mass is 10.1. The molecule has 1 saturated heterocycles. The fourth-order valence-corrected chi connectivity index (χ4v) is 1.90. The first-order valence-corrected chi connectivity index (χ1v) is 5.47. The van der Waals surface area contributed by atoms with Gasteiger partial charge in [-0.15, -0.1) is 0 Å². The summed E-state index contributed by atoms with van der Waals surface area (Å²) in [6, 6.07) is 11.1. The Morgan fingerprint density at radius 2 is 2.07 bits per heavy atom. The molecule has 0 radical (unpaired) electrons. The second-order valence-corrected chi connectivity index (χ2v) is 3.89. The van der Waals surface area contributed by atoms with E-state index < -0.39 is 0 Å². The molecule has 1 fully saturated rings. The van der Waals surface area contributed by atoms with Crippen LogP contribution in [0.5, 0.6) is 0 Å². The zero-order chi connectivity index (χ0) is 9.64. The molecular formula is C12H18N2. The average molecular weight is 190 g/mol. The van der Waals surface area contributed by atoms with Gasteiger partial charge in [0.15, 0.2) is 0 Å². The van der Waals surface area contributed by atoms with Crippen molar-refractivity contribution >= 4 is 5.69 Å². The van der Waals surface area contributed by atoms with Crippen LogP contribution in [0.15, 0.2) is 30.3 Å². The van der Waals surface area contributed by atoms with Crippen molar-refractivity contribution in [1.82, 2.24) is 5.32 Å². The largest absolute Gasteiger partial charge is 0.383 e. The van der Waals surface area contributed by atoms with Crippen LogP contribution >= 0.6 is 0 Å². The lowest BCUT2D eigenvalue weighted by molar-refractivity contribution is 0.414. The molecule has 76 valence electrons. The third-order valence-electron chi connectivity index (χ3n) is 2.74. The van der Waals surface area contributed by atoms with Crippen LogP contribution in [0.4, 0.5) is 5.69 Å². The van der Waals surface area contributed by atoms with E-state index in [0.717, 1.165) is 6.54 Å². The van der Waals surface area contributed by atoms with Gasteiger partial charge < -0.3 is 10.6 Å². The van der Waals surface area contributed by atoms with Gasteiger partial charge in [0.2, 0.25) is 0 Å². The number of para-hydroxylation sites is 1. The standard InChI is InChI=1S/C12H18N2/c1-2-6-11(7-3-1)14-10-12-8-4-5-9-13-12/h1-3,6-7,12-14H,4-5,8-10H2. The monoisotopic (exact) mass is 190 g/mol. The van der Waals surface area contributed by atoms with Gasteiger partial charge in [0.05, 0.1) is 0 Å². The van der Waals surface area contributed by atoms with Crippen molar-refractivity contribution in [3.8, 4) is 0 Å². The minimum absolute atomic E-state index is 0.656. The molecule has 0 saturated carbocycles. The molecule has 1 aliphatic rings. The number of hydrogen-bond acceptors (Lipinski definition) is 2. The normalized spacial score (nSPS) is 21.9. The fourth-order valence-electron chi connectivity index (χ4n) is 1.90. The zero-order valence-corrected chi connectivity index (χ0v) is 8.50. The first-order chi connectivity index (χ1) is 6.95. The maximum atomic E-state index is 3.53. The Labute approximate surface area is 85.7 Å². The molecular weight excluding hydrogens is 172 g/mol. The number of rotatable bonds is 3. The Morgan fingerprint density at radius 3 is 2.79 bits per heavy atom. The maximum Gasteiger partial charge on any atom is 0.0340 e. The molecule has 2 N–H and O–H groups in total. The minimum Gasteiger partial charge on any atom is -0.383 e. The number of nitrogens with one attached hydrogen (secondary N) is 2. The summed E-state index contributed by atoms with van der Waals surface area (Å²) in [6.45, 7) is 2.23. The minimum atomic E-state index is 0.656. The third kappa shape index (κ3) is 2.74. The van der Waals surface area contributed by atoms with Crippen LogP contribution in [-0.4, -0.2) is 19.1 Å². The van der Waals surface area contributed by atoms with Crippen molar-refractivity contribution in [3.63, 3.8) is 0 Å². The highest BCUT2D eigenvalue weighted by Crippen LogP contribution is 2.09. The highest BCUT2D eigenvalue weighted by atomic mass is 15.0. The van der Waals surface area contributed by atoms with Gasteiger partial charge in [-0.25, -0.2) is 0 Å². The lowest BCUT2D eigenvalue weighted by Gasteiger charge is -2.24. The summed E-state index contributed by atoms with van der Waals surface area (Å²) >= 11 is 0. The summed E-state index contributed by atoms with van der Waals surface area (Å²) in [7, 11) is 0. The predicted molar refractivity (Wildman–Crippen MR) is 60.6 cm³/mol. The van der Waals surface area contributed by atoms with E-state index >= 15 is 0 Å². The molecule has 1 unspecified atom stereocenters. The van der Waals surface area contributed by atoms with Gasteiger partial charge >= 0.3 is 0 Å². The Hall–Kier alpha value is -1.02. The molecule has 1 atom stereocenters. The van der Waals surface area contributed by atoms with E-state index in [-0.39, 0.29) is 0 Å². The lowest BCUT2D eigenvalue weighted by Crippen LogP contribution is -2.39. The van der Waals surface area contributed by atoms with Crippen LogP contribution in [0.3, 0.4) is 0 Å². The van der Waals surface area contributed by atoms with E-state index in [0.29, 0.717) is 6.04 Å². The van der Waals surface area contributed by atoms with Crippen LogP contribution < -0.4 is 10.6 Å². The average Bonchev–Trinajstić information content (AvgIpc) is 2.29. The van der Waals surface area contributed by atoms with Crippen molar-refractivity contribution in [2.24, 2.45) is 0 Å². The number of piperidine rings is 1. The SMILES string of the molecule is c1ccc(NCC2CCCCN2)cc1. The van der Waals surface area contributed by atoms with E-state index in [9.17, 15) is 0 Å². The van der Waals surface area contributed by atoms with Crippen LogP contribution in [0.2, 0.25) is 0 Å². The molecule has 0 bridgehead atoms. The maximum absolute atomic E-state index is 3.53.